The van der Waals surface area contributed by atoms with Crippen molar-refractivity contribution in [3.8, 4) is 5.69 Å². The van der Waals surface area contributed by atoms with Gasteiger partial charge in [0.25, 0.3) is 0 Å². The van der Waals surface area contributed by atoms with Crippen molar-refractivity contribution in [2.75, 3.05) is 5.75 Å². The average Bonchev–Trinajstić information content (AvgIpc) is 2.94. The van der Waals surface area contributed by atoms with Crippen LogP contribution in [0, 0.1) is 5.92 Å². The first kappa shape index (κ1) is 16.8. The molecule has 118 valence electrons. The van der Waals surface area contributed by atoms with Crippen LogP contribution in [0.2, 0.25) is 5.02 Å². The van der Waals surface area contributed by atoms with Crippen molar-refractivity contribution >= 4 is 29.3 Å². The van der Waals surface area contributed by atoms with Gasteiger partial charge in [-0.15, -0.1) is 5.10 Å². The summed E-state index contributed by atoms with van der Waals surface area (Å²) in [5, 5.41) is 15.7. The van der Waals surface area contributed by atoms with Crippen molar-refractivity contribution in [3.05, 3.63) is 29.3 Å². The molecule has 2 rings (SSSR count). The molecule has 2 aromatic rings. The predicted octanol–water partition coefficient (Wildman–Crippen LogP) is 2.57. The fourth-order valence-corrected chi connectivity index (χ4v) is 2.43. The van der Waals surface area contributed by atoms with Crippen molar-refractivity contribution in [1.82, 2.24) is 25.5 Å². The van der Waals surface area contributed by atoms with E-state index in [1.165, 1.54) is 11.8 Å². The molecule has 0 aliphatic rings. The molecule has 0 bridgehead atoms. The monoisotopic (exact) mass is 339 g/mol. The lowest BCUT2D eigenvalue weighted by Crippen LogP contribution is -2.37. The zero-order chi connectivity index (χ0) is 16.1. The van der Waals surface area contributed by atoms with Crippen LogP contribution in [0.1, 0.15) is 20.8 Å². The molecule has 0 fully saturated rings. The van der Waals surface area contributed by atoms with E-state index in [0.29, 0.717) is 16.1 Å². The number of carbonyl (C=O) groups is 1. The minimum absolute atomic E-state index is 0.0307. The maximum absolute atomic E-state index is 11.9. The lowest BCUT2D eigenvalue weighted by molar-refractivity contribution is -0.119. The molecule has 8 heteroatoms. The van der Waals surface area contributed by atoms with Crippen molar-refractivity contribution in [2.24, 2.45) is 5.92 Å². The molecule has 0 saturated carbocycles. The van der Waals surface area contributed by atoms with Crippen LogP contribution in [0.25, 0.3) is 5.69 Å². The summed E-state index contributed by atoms with van der Waals surface area (Å²) in [6.07, 6.45) is 0. The molecule has 1 heterocycles. The quantitative estimate of drug-likeness (QED) is 0.819. The van der Waals surface area contributed by atoms with E-state index < -0.39 is 0 Å². The third-order valence-corrected chi connectivity index (χ3v) is 4.40. The van der Waals surface area contributed by atoms with Gasteiger partial charge in [-0.25, -0.2) is 0 Å². The van der Waals surface area contributed by atoms with Gasteiger partial charge in [-0.2, -0.15) is 4.68 Å². The summed E-state index contributed by atoms with van der Waals surface area (Å²) in [6.45, 7) is 6.13. The van der Waals surface area contributed by atoms with E-state index in [2.05, 4.69) is 34.7 Å². The van der Waals surface area contributed by atoms with Crippen LogP contribution >= 0.6 is 23.4 Å². The first-order valence-corrected chi connectivity index (χ1v) is 8.30. The Kier molecular flexibility index (Phi) is 5.79. The fraction of sp³-hybridized carbons (Fsp3) is 0.429. The Hall–Kier alpha value is -1.60. The number of hydrogen-bond acceptors (Lipinski definition) is 5. The van der Waals surface area contributed by atoms with Crippen molar-refractivity contribution in [1.29, 1.82) is 0 Å². The largest absolute Gasteiger partial charge is 0.353 e. The van der Waals surface area contributed by atoms with Crippen LogP contribution in [0.5, 0.6) is 0 Å². The zero-order valence-corrected chi connectivity index (χ0v) is 14.2. The maximum atomic E-state index is 11.9. The van der Waals surface area contributed by atoms with Gasteiger partial charge in [0.1, 0.15) is 0 Å². The minimum Gasteiger partial charge on any atom is -0.353 e. The van der Waals surface area contributed by atoms with Gasteiger partial charge in [-0.3, -0.25) is 4.79 Å². The lowest BCUT2D eigenvalue weighted by atomic mass is 10.1. The van der Waals surface area contributed by atoms with Gasteiger partial charge >= 0.3 is 0 Å². The second-order valence-corrected chi connectivity index (χ2v) is 6.62. The number of benzene rings is 1. The molecule has 1 amide bonds. The molecule has 0 unspecified atom stereocenters. The Morgan fingerprint density at radius 3 is 2.64 bits per heavy atom. The summed E-state index contributed by atoms with van der Waals surface area (Å²) in [5.74, 6) is 0.635. The number of carbonyl (C=O) groups excluding carboxylic acids is 1. The smallest absolute Gasteiger partial charge is 0.230 e. The van der Waals surface area contributed by atoms with E-state index in [4.69, 9.17) is 11.6 Å². The number of amides is 1. The first-order chi connectivity index (χ1) is 10.5. The highest BCUT2D eigenvalue weighted by atomic mass is 35.5. The summed E-state index contributed by atoms with van der Waals surface area (Å²) in [5.41, 5.74) is 0.799. The highest BCUT2D eigenvalue weighted by Gasteiger charge is 2.14. The summed E-state index contributed by atoms with van der Waals surface area (Å²) in [6, 6.07) is 7.32. The Balaban J connectivity index is 1.99. The number of nitrogens with zero attached hydrogens (tertiary/aromatic N) is 4. The van der Waals surface area contributed by atoms with Crippen molar-refractivity contribution < 1.29 is 4.79 Å². The first-order valence-electron chi connectivity index (χ1n) is 6.94. The molecule has 0 spiro atoms. The van der Waals surface area contributed by atoms with Gasteiger partial charge in [0, 0.05) is 11.1 Å². The Morgan fingerprint density at radius 1 is 1.32 bits per heavy atom. The summed E-state index contributed by atoms with van der Waals surface area (Å²) in [7, 11) is 0. The number of rotatable bonds is 6. The second-order valence-electron chi connectivity index (χ2n) is 5.24. The Bertz CT molecular complexity index is 628. The molecule has 0 aliphatic heterocycles. The molecule has 0 aliphatic carbocycles. The van der Waals surface area contributed by atoms with Gasteiger partial charge in [0.15, 0.2) is 0 Å². The zero-order valence-electron chi connectivity index (χ0n) is 12.7. The molecule has 1 aromatic carbocycles. The van der Waals surface area contributed by atoms with E-state index in [9.17, 15) is 4.79 Å². The van der Waals surface area contributed by atoms with Gasteiger partial charge in [-0.1, -0.05) is 37.2 Å². The molecule has 0 radical (unpaired) electrons. The minimum atomic E-state index is -0.0307. The third kappa shape index (κ3) is 4.45. The number of aromatic nitrogens is 4. The normalized spacial score (nSPS) is 12.4. The van der Waals surface area contributed by atoms with E-state index in [0.717, 1.165) is 5.69 Å². The van der Waals surface area contributed by atoms with E-state index in [1.807, 2.05) is 19.1 Å². The second kappa shape index (κ2) is 7.60. The standard InChI is InChI=1S/C14H18ClN5OS/c1-9(2)10(3)16-13(21)8-22-14-17-18-19-20(14)12-6-4-11(15)5-7-12/h4-7,9-10H,8H2,1-3H3,(H,16,21)/t10-/m0/s1. The molecule has 1 N–H and O–H groups in total. The van der Waals surface area contributed by atoms with Gasteiger partial charge in [0.2, 0.25) is 11.1 Å². The molecule has 0 saturated heterocycles. The van der Waals surface area contributed by atoms with E-state index in [1.54, 1.807) is 16.8 Å². The third-order valence-electron chi connectivity index (χ3n) is 3.23. The molecule has 1 atom stereocenters. The van der Waals surface area contributed by atoms with Crippen LogP contribution in [0.15, 0.2) is 29.4 Å². The number of nitrogens with one attached hydrogen (secondary N) is 1. The molecular weight excluding hydrogens is 322 g/mol. The molecule has 6 nitrogen and oxygen atoms in total. The Labute approximate surface area is 138 Å². The van der Waals surface area contributed by atoms with Gasteiger partial charge in [-0.05, 0) is 47.5 Å². The van der Waals surface area contributed by atoms with Crippen molar-refractivity contribution in [2.45, 2.75) is 32.0 Å². The van der Waals surface area contributed by atoms with Crippen molar-refractivity contribution in [3.63, 3.8) is 0 Å². The summed E-state index contributed by atoms with van der Waals surface area (Å²) in [4.78, 5) is 11.9. The van der Waals surface area contributed by atoms with Crippen LogP contribution < -0.4 is 5.32 Å². The molecular formula is C14H18ClN5OS. The lowest BCUT2D eigenvalue weighted by Gasteiger charge is -2.17. The average molecular weight is 340 g/mol. The van der Waals surface area contributed by atoms with E-state index >= 15 is 0 Å². The van der Waals surface area contributed by atoms with Crippen LogP contribution in [0.3, 0.4) is 0 Å². The highest BCUT2D eigenvalue weighted by Crippen LogP contribution is 2.19. The maximum Gasteiger partial charge on any atom is 0.230 e. The SMILES string of the molecule is CC(C)[C@H](C)NC(=O)CSc1nnnn1-c1ccc(Cl)cc1. The molecule has 22 heavy (non-hydrogen) atoms. The van der Waals surface area contributed by atoms with E-state index in [-0.39, 0.29) is 17.7 Å². The Morgan fingerprint density at radius 2 is 2.00 bits per heavy atom. The van der Waals surface area contributed by atoms with Crippen LogP contribution in [0.4, 0.5) is 0 Å². The highest BCUT2D eigenvalue weighted by molar-refractivity contribution is 7.99. The number of halogens is 1. The fourth-order valence-electron chi connectivity index (χ4n) is 1.61. The van der Waals surface area contributed by atoms with Gasteiger partial charge < -0.3 is 5.32 Å². The summed E-state index contributed by atoms with van der Waals surface area (Å²) >= 11 is 7.17. The number of thioether (sulfide) groups is 1. The number of hydrogen-bond donors (Lipinski definition) is 1. The predicted molar refractivity (Wildman–Crippen MR) is 87.3 cm³/mol. The number of tetrazole rings is 1. The van der Waals surface area contributed by atoms with Crippen LogP contribution in [-0.2, 0) is 4.79 Å². The van der Waals surface area contributed by atoms with Crippen LogP contribution in [-0.4, -0.2) is 37.9 Å². The summed E-state index contributed by atoms with van der Waals surface area (Å²) < 4.78 is 1.58. The molecule has 1 aromatic heterocycles. The topological polar surface area (TPSA) is 72.7 Å². The van der Waals surface area contributed by atoms with Gasteiger partial charge in [0.05, 0.1) is 11.4 Å².